The molecule has 0 amide bonds. The number of benzene rings is 3. The molecule has 0 saturated heterocycles. The van der Waals surface area contributed by atoms with Crippen molar-refractivity contribution in [2.75, 3.05) is 11.9 Å². The molecule has 0 bridgehead atoms. The number of anilines is 1. The molecule has 3 aromatic carbocycles. The van der Waals surface area contributed by atoms with Gasteiger partial charge in [-0.25, -0.2) is 0 Å². The third kappa shape index (κ3) is 6.10. The highest BCUT2D eigenvalue weighted by molar-refractivity contribution is 6.42. The second kappa shape index (κ2) is 10.3. The average Bonchev–Trinajstić information content (AvgIpc) is 2.69. The molecular weight excluding hydrogens is 452 g/mol. The van der Waals surface area contributed by atoms with Gasteiger partial charge in [0.2, 0.25) is 0 Å². The second-order valence-corrected chi connectivity index (χ2v) is 7.88. The number of rotatable bonds is 8. The third-order valence-corrected chi connectivity index (χ3v) is 5.42. The van der Waals surface area contributed by atoms with Crippen LogP contribution in [0, 0.1) is 0 Å². The monoisotopic (exact) mass is 469 g/mol. The minimum absolute atomic E-state index is 0.359. The summed E-state index contributed by atoms with van der Waals surface area (Å²) in [7, 11) is 0. The normalized spacial score (nSPS) is 10.7. The van der Waals surface area contributed by atoms with Gasteiger partial charge in [-0.05, 0) is 54.4 Å². The molecule has 1 N–H and O–H groups in total. The van der Waals surface area contributed by atoms with Crippen molar-refractivity contribution in [2.45, 2.75) is 20.1 Å². The van der Waals surface area contributed by atoms with Crippen LogP contribution in [0.1, 0.15) is 18.1 Å². The molecule has 0 fully saturated rings. The number of ether oxygens (including phenoxy) is 2. The number of hydrogen-bond acceptors (Lipinski definition) is 3. The number of hydrogen-bond donors (Lipinski definition) is 1. The minimum atomic E-state index is 0.359. The van der Waals surface area contributed by atoms with Gasteiger partial charge >= 0.3 is 0 Å². The van der Waals surface area contributed by atoms with Crippen molar-refractivity contribution in [3.05, 3.63) is 85.8 Å². The first-order valence-electron chi connectivity index (χ1n) is 8.97. The minimum Gasteiger partial charge on any atom is -0.490 e. The summed E-state index contributed by atoms with van der Waals surface area (Å²) < 4.78 is 11.7. The second-order valence-electron chi connectivity index (χ2n) is 6.22. The van der Waals surface area contributed by atoms with Crippen LogP contribution in [0.3, 0.4) is 0 Å². The van der Waals surface area contributed by atoms with Crippen LogP contribution in [0.25, 0.3) is 0 Å². The SMILES string of the molecule is CCOc1cc(CNc2ccc(Cl)c(Cl)c2)c(Cl)cc1OCc1cccc(Cl)c1. The highest BCUT2D eigenvalue weighted by atomic mass is 35.5. The molecule has 0 aliphatic carbocycles. The molecule has 0 heterocycles. The van der Waals surface area contributed by atoms with Gasteiger partial charge in [0, 0.05) is 28.3 Å². The van der Waals surface area contributed by atoms with E-state index in [1.807, 2.05) is 43.3 Å². The van der Waals surface area contributed by atoms with Crippen molar-refractivity contribution in [3.8, 4) is 11.5 Å². The van der Waals surface area contributed by atoms with E-state index < -0.39 is 0 Å². The fourth-order valence-electron chi connectivity index (χ4n) is 2.69. The van der Waals surface area contributed by atoms with Crippen LogP contribution >= 0.6 is 46.4 Å². The number of nitrogens with one attached hydrogen (secondary N) is 1. The first-order valence-corrected chi connectivity index (χ1v) is 10.5. The van der Waals surface area contributed by atoms with Gasteiger partial charge in [0.15, 0.2) is 11.5 Å². The van der Waals surface area contributed by atoms with Crippen LogP contribution in [0.4, 0.5) is 5.69 Å². The molecule has 0 aliphatic rings. The molecule has 152 valence electrons. The van der Waals surface area contributed by atoms with Crippen LogP contribution in [0.5, 0.6) is 11.5 Å². The predicted octanol–water partition coefficient (Wildman–Crippen LogP) is 7.89. The molecule has 3 aromatic rings. The topological polar surface area (TPSA) is 30.5 Å². The van der Waals surface area contributed by atoms with Crippen molar-refractivity contribution < 1.29 is 9.47 Å². The van der Waals surface area contributed by atoms with E-state index in [0.29, 0.717) is 51.3 Å². The average molecular weight is 471 g/mol. The Labute approximate surface area is 190 Å². The molecule has 29 heavy (non-hydrogen) atoms. The third-order valence-electron chi connectivity index (χ3n) is 4.10. The lowest BCUT2D eigenvalue weighted by Gasteiger charge is -2.16. The van der Waals surface area contributed by atoms with Crippen molar-refractivity contribution >= 4 is 52.1 Å². The van der Waals surface area contributed by atoms with Gasteiger partial charge in [-0.2, -0.15) is 0 Å². The lowest BCUT2D eigenvalue weighted by atomic mass is 10.2. The molecule has 0 aromatic heterocycles. The van der Waals surface area contributed by atoms with Crippen molar-refractivity contribution in [1.82, 2.24) is 0 Å². The van der Waals surface area contributed by atoms with Crippen LogP contribution in [-0.2, 0) is 13.2 Å². The van der Waals surface area contributed by atoms with E-state index in [9.17, 15) is 0 Å². The van der Waals surface area contributed by atoms with Crippen LogP contribution < -0.4 is 14.8 Å². The molecule has 0 aliphatic heterocycles. The maximum Gasteiger partial charge on any atom is 0.163 e. The van der Waals surface area contributed by atoms with Gasteiger partial charge in [-0.3, -0.25) is 0 Å². The molecular formula is C22H19Cl4NO2. The predicted molar refractivity (Wildman–Crippen MR) is 122 cm³/mol. The molecule has 3 rings (SSSR count). The number of halogens is 4. The van der Waals surface area contributed by atoms with E-state index in [0.717, 1.165) is 16.8 Å². The van der Waals surface area contributed by atoms with Gasteiger partial charge in [-0.1, -0.05) is 58.5 Å². The van der Waals surface area contributed by atoms with Crippen LogP contribution in [-0.4, -0.2) is 6.61 Å². The zero-order valence-electron chi connectivity index (χ0n) is 15.6. The largest absolute Gasteiger partial charge is 0.490 e. The maximum absolute atomic E-state index is 6.49. The van der Waals surface area contributed by atoms with Crippen molar-refractivity contribution in [3.63, 3.8) is 0 Å². The Morgan fingerprint density at radius 2 is 1.59 bits per heavy atom. The lowest BCUT2D eigenvalue weighted by molar-refractivity contribution is 0.269. The van der Waals surface area contributed by atoms with E-state index in [-0.39, 0.29) is 0 Å². The smallest absolute Gasteiger partial charge is 0.163 e. The van der Waals surface area contributed by atoms with E-state index in [2.05, 4.69) is 5.32 Å². The first kappa shape index (κ1) is 21.9. The van der Waals surface area contributed by atoms with E-state index in [1.54, 1.807) is 18.2 Å². The van der Waals surface area contributed by atoms with Gasteiger partial charge in [0.1, 0.15) is 6.61 Å². The van der Waals surface area contributed by atoms with Gasteiger partial charge < -0.3 is 14.8 Å². The Morgan fingerprint density at radius 3 is 2.31 bits per heavy atom. The fourth-order valence-corrected chi connectivity index (χ4v) is 3.42. The Balaban J connectivity index is 1.75. The van der Waals surface area contributed by atoms with Crippen molar-refractivity contribution in [1.29, 1.82) is 0 Å². The molecule has 0 saturated carbocycles. The van der Waals surface area contributed by atoms with E-state index in [4.69, 9.17) is 55.9 Å². The highest BCUT2D eigenvalue weighted by Gasteiger charge is 2.12. The zero-order chi connectivity index (χ0) is 20.8. The molecule has 0 radical (unpaired) electrons. The van der Waals surface area contributed by atoms with Gasteiger partial charge in [-0.15, -0.1) is 0 Å². The van der Waals surface area contributed by atoms with Gasteiger partial charge in [0.25, 0.3) is 0 Å². The summed E-state index contributed by atoms with van der Waals surface area (Å²) in [5, 5.41) is 5.52. The highest BCUT2D eigenvalue weighted by Crippen LogP contribution is 2.35. The summed E-state index contributed by atoms with van der Waals surface area (Å²) in [5.41, 5.74) is 2.67. The van der Waals surface area contributed by atoms with Crippen molar-refractivity contribution in [2.24, 2.45) is 0 Å². The first-order chi connectivity index (χ1) is 14.0. The Bertz CT molecular complexity index is 995. The van der Waals surface area contributed by atoms with E-state index in [1.165, 1.54) is 0 Å². The summed E-state index contributed by atoms with van der Waals surface area (Å²) >= 11 is 24.5. The molecule has 7 heteroatoms. The lowest BCUT2D eigenvalue weighted by Crippen LogP contribution is -2.04. The Morgan fingerprint density at radius 1 is 0.793 bits per heavy atom. The van der Waals surface area contributed by atoms with Crippen LogP contribution in [0.2, 0.25) is 20.1 Å². The Kier molecular flexibility index (Phi) is 7.79. The zero-order valence-corrected chi connectivity index (χ0v) is 18.7. The summed E-state index contributed by atoms with van der Waals surface area (Å²) in [6.07, 6.45) is 0. The van der Waals surface area contributed by atoms with E-state index >= 15 is 0 Å². The molecule has 0 atom stereocenters. The Hall–Kier alpha value is -1.78. The van der Waals surface area contributed by atoms with Gasteiger partial charge in [0.05, 0.1) is 16.7 Å². The summed E-state index contributed by atoms with van der Waals surface area (Å²) in [4.78, 5) is 0. The molecule has 3 nitrogen and oxygen atoms in total. The maximum atomic E-state index is 6.49. The summed E-state index contributed by atoms with van der Waals surface area (Å²) in [6.45, 7) is 3.28. The summed E-state index contributed by atoms with van der Waals surface area (Å²) in [5.74, 6) is 1.21. The fraction of sp³-hybridized carbons (Fsp3) is 0.182. The molecule has 0 unspecified atom stereocenters. The standard InChI is InChI=1S/C22H19Cl4NO2/c1-2-28-21-9-15(12-27-17-6-7-18(24)20(26)10-17)19(25)11-22(21)29-13-14-4-3-5-16(23)8-14/h3-11,27H,2,12-13H2,1H3. The quantitative estimate of drug-likeness (QED) is 0.363. The van der Waals surface area contributed by atoms with Crippen LogP contribution in [0.15, 0.2) is 54.6 Å². The molecule has 0 spiro atoms. The summed E-state index contributed by atoms with van der Waals surface area (Å²) in [6, 6.07) is 16.5.